The lowest BCUT2D eigenvalue weighted by molar-refractivity contribution is 0.432. The highest BCUT2D eigenvalue weighted by Gasteiger charge is 2.10. The van der Waals surface area contributed by atoms with Crippen LogP contribution in [0.2, 0.25) is 0 Å². The summed E-state index contributed by atoms with van der Waals surface area (Å²) in [6.07, 6.45) is 0. The molecule has 0 bridgehead atoms. The van der Waals surface area contributed by atoms with Crippen LogP contribution in [0.3, 0.4) is 0 Å². The van der Waals surface area contributed by atoms with E-state index in [1.165, 1.54) is 0 Å². The summed E-state index contributed by atoms with van der Waals surface area (Å²) in [5, 5.41) is 5.96. The summed E-state index contributed by atoms with van der Waals surface area (Å²) < 4.78 is 5.26. The summed E-state index contributed by atoms with van der Waals surface area (Å²) in [7, 11) is 0. The third-order valence-electron chi connectivity index (χ3n) is 2.60. The largest absolute Gasteiger partial charge is 0.334 e. The zero-order valence-electron chi connectivity index (χ0n) is 9.54. The molecule has 2 heterocycles. The van der Waals surface area contributed by atoms with E-state index < -0.39 is 0 Å². The number of thiophene rings is 1. The van der Waals surface area contributed by atoms with E-state index in [9.17, 15) is 0 Å². The van der Waals surface area contributed by atoms with Crippen LogP contribution in [-0.4, -0.2) is 10.1 Å². The number of hydrogen-bond donors (Lipinski definition) is 1. The molecular formula is C13H11N3OS. The molecule has 5 heteroatoms. The van der Waals surface area contributed by atoms with E-state index in [1.54, 1.807) is 11.3 Å². The molecule has 0 radical (unpaired) electrons. The van der Waals surface area contributed by atoms with Gasteiger partial charge >= 0.3 is 0 Å². The lowest BCUT2D eigenvalue weighted by Gasteiger charge is -1.96. The van der Waals surface area contributed by atoms with Crippen LogP contribution in [0.1, 0.15) is 5.56 Å². The van der Waals surface area contributed by atoms with E-state index in [0.29, 0.717) is 18.3 Å². The number of aromatic nitrogens is 2. The standard InChI is InChI=1S/C13H11N3OS/c14-8-9-3-5-10(6-4-9)13-15-12(16-17-13)11-2-1-7-18-11/h1-7H,8,14H2. The van der Waals surface area contributed by atoms with Crippen LogP contribution < -0.4 is 5.73 Å². The quantitative estimate of drug-likeness (QED) is 0.783. The monoisotopic (exact) mass is 257 g/mol. The number of benzene rings is 1. The lowest BCUT2D eigenvalue weighted by atomic mass is 10.1. The molecule has 0 unspecified atom stereocenters. The first-order valence-corrected chi connectivity index (χ1v) is 6.42. The Balaban J connectivity index is 1.92. The number of rotatable bonds is 3. The van der Waals surface area contributed by atoms with Crippen LogP contribution >= 0.6 is 11.3 Å². The second-order valence-electron chi connectivity index (χ2n) is 3.80. The summed E-state index contributed by atoms with van der Waals surface area (Å²) in [4.78, 5) is 5.38. The molecule has 18 heavy (non-hydrogen) atoms. The van der Waals surface area contributed by atoms with Crippen LogP contribution in [0, 0.1) is 0 Å². The van der Waals surface area contributed by atoms with Crippen LogP contribution in [0.5, 0.6) is 0 Å². The van der Waals surface area contributed by atoms with Crippen molar-refractivity contribution < 1.29 is 4.52 Å². The first-order chi connectivity index (χ1) is 8.86. The van der Waals surface area contributed by atoms with Crippen molar-refractivity contribution in [2.75, 3.05) is 0 Å². The summed E-state index contributed by atoms with van der Waals surface area (Å²) in [6.45, 7) is 0.532. The van der Waals surface area contributed by atoms with Gasteiger partial charge in [0.25, 0.3) is 5.89 Å². The van der Waals surface area contributed by atoms with Crippen molar-refractivity contribution in [2.45, 2.75) is 6.54 Å². The van der Waals surface area contributed by atoms with Gasteiger partial charge < -0.3 is 10.3 Å². The summed E-state index contributed by atoms with van der Waals surface area (Å²) in [5.74, 6) is 1.16. The number of hydrogen-bond acceptors (Lipinski definition) is 5. The molecule has 0 aliphatic carbocycles. The van der Waals surface area contributed by atoms with Crippen molar-refractivity contribution in [1.82, 2.24) is 10.1 Å². The second-order valence-corrected chi connectivity index (χ2v) is 4.75. The van der Waals surface area contributed by atoms with Crippen molar-refractivity contribution in [1.29, 1.82) is 0 Å². The molecule has 4 nitrogen and oxygen atoms in total. The average Bonchev–Trinajstić information content (AvgIpc) is 3.09. The molecule has 0 fully saturated rings. The van der Waals surface area contributed by atoms with E-state index >= 15 is 0 Å². The van der Waals surface area contributed by atoms with Crippen molar-refractivity contribution in [3.05, 3.63) is 47.3 Å². The molecule has 0 aliphatic rings. The molecule has 0 atom stereocenters. The minimum absolute atomic E-state index is 0.530. The summed E-state index contributed by atoms with van der Waals surface area (Å²) >= 11 is 1.59. The van der Waals surface area contributed by atoms with Gasteiger partial charge in [-0.2, -0.15) is 4.98 Å². The zero-order valence-corrected chi connectivity index (χ0v) is 10.4. The lowest BCUT2D eigenvalue weighted by Crippen LogP contribution is -1.95. The van der Waals surface area contributed by atoms with Gasteiger partial charge in [0.1, 0.15) is 0 Å². The third-order valence-corrected chi connectivity index (χ3v) is 3.47. The first-order valence-electron chi connectivity index (χ1n) is 5.54. The topological polar surface area (TPSA) is 64.9 Å². The Morgan fingerprint density at radius 1 is 1.17 bits per heavy atom. The highest BCUT2D eigenvalue weighted by molar-refractivity contribution is 7.13. The molecule has 0 amide bonds. The third kappa shape index (κ3) is 2.05. The Kier molecular flexibility index (Phi) is 2.92. The first kappa shape index (κ1) is 11.1. The molecule has 1 aromatic carbocycles. The van der Waals surface area contributed by atoms with Gasteiger partial charge in [-0.05, 0) is 29.1 Å². The maximum absolute atomic E-state index is 5.56. The number of nitrogens with zero attached hydrogens (tertiary/aromatic N) is 2. The molecule has 0 saturated heterocycles. The van der Waals surface area contributed by atoms with Crippen molar-refractivity contribution in [3.63, 3.8) is 0 Å². The fourth-order valence-electron chi connectivity index (χ4n) is 1.63. The van der Waals surface area contributed by atoms with Crippen LogP contribution in [0.25, 0.3) is 22.2 Å². The Morgan fingerprint density at radius 3 is 2.67 bits per heavy atom. The molecular weight excluding hydrogens is 246 g/mol. The molecule has 0 spiro atoms. The molecule has 2 aromatic heterocycles. The maximum Gasteiger partial charge on any atom is 0.258 e. The number of nitrogens with two attached hydrogens (primary N) is 1. The maximum atomic E-state index is 5.56. The van der Waals surface area contributed by atoms with Gasteiger partial charge in [0, 0.05) is 12.1 Å². The average molecular weight is 257 g/mol. The van der Waals surface area contributed by atoms with Gasteiger partial charge in [-0.1, -0.05) is 23.4 Å². The molecule has 3 aromatic rings. The highest BCUT2D eigenvalue weighted by atomic mass is 32.1. The fourth-order valence-corrected chi connectivity index (χ4v) is 2.28. The minimum atomic E-state index is 0.530. The van der Waals surface area contributed by atoms with E-state index in [4.69, 9.17) is 10.3 Å². The van der Waals surface area contributed by atoms with Crippen molar-refractivity contribution >= 4 is 11.3 Å². The van der Waals surface area contributed by atoms with Gasteiger partial charge in [-0.15, -0.1) is 11.3 Å². The van der Waals surface area contributed by atoms with Crippen molar-refractivity contribution in [3.8, 4) is 22.2 Å². The Morgan fingerprint density at radius 2 is 2.00 bits per heavy atom. The van der Waals surface area contributed by atoms with E-state index in [1.807, 2.05) is 41.8 Å². The normalized spacial score (nSPS) is 10.7. The van der Waals surface area contributed by atoms with Crippen LogP contribution in [0.15, 0.2) is 46.3 Å². The summed E-state index contributed by atoms with van der Waals surface area (Å²) in [5.41, 5.74) is 7.54. The van der Waals surface area contributed by atoms with E-state index in [-0.39, 0.29) is 0 Å². The highest BCUT2D eigenvalue weighted by Crippen LogP contribution is 2.25. The minimum Gasteiger partial charge on any atom is -0.334 e. The van der Waals surface area contributed by atoms with Gasteiger partial charge in [0.15, 0.2) is 0 Å². The van der Waals surface area contributed by atoms with Gasteiger partial charge in [-0.3, -0.25) is 0 Å². The van der Waals surface area contributed by atoms with Crippen molar-refractivity contribution in [2.24, 2.45) is 5.73 Å². The zero-order chi connectivity index (χ0) is 12.4. The summed E-state index contributed by atoms with van der Waals surface area (Å²) in [6, 6.07) is 11.7. The fraction of sp³-hybridized carbons (Fsp3) is 0.0769. The Bertz CT molecular complexity index is 629. The smallest absolute Gasteiger partial charge is 0.258 e. The molecule has 90 valence electrons. The molecule has 0 aliphatic heterocycles. The second kappa shape index (κ2) is 4.72. The van der Waals surface area contributed by atoms with E-state index in [0.717, 1.165) is 16.0 Å². The Hall–Kier alpha value is -1.98. The van der Waals surface area contributed by atoms with E-state index in [2.05, 4.69) is 10.1 Å². The molecule has 0 saturated carbocycles. The van der Waals surface area contributed by atoms with Crippen LogP contribution in [0.4, 0.5) is 0 Å². The Labute approximate surface area is 108 Å². The SMILES string of the molecule is NCc1ccc(-c2nc(-c3cccs3)no2)cc1. The predicted molar refractivity (Wildman–Crippen MR) is 70.9 cm³/mol. The molecule has 3 rings (SSSR count). The van der Waals surface area contributed by atoms with Gasteiger partial charge in [0.05, 0.1) is 4.88 Å². The van der Waals surface area contributed by atoms with Crippen LogP contribution in [-0.2, 0) is 6.54 Å². The van der Waals surface area contributed by atoms with Gasteiger partial charge in [0.2, 0.25) is 5.82 Å². The predicted octanol–water partition coefficient (Wildman–Crippen LogP) is 2.92. The van der Waals surface area contributed by atoms with Gasteiger partial charge in [-0.25, -0.2) is 0 Å². The molecule has 2 N–H and O–H groups in total.